The highest BCUT2D eigenvalue weighted by atomic mass is 32.2. The molecule has 3 aromatic rings. The molecule has 2 N–H and O–H groups in total. The third kappa shape index (κ3) is 6.37. The number of urea groups is 1. The van der Waals surface area contributed by atoms with E-state index in [1.54, 1.807) is 24.5 Å². The summed E-state index contributed by atoms with van der Waals surface area (Å²) in [5.41, 5.74) is 1.65. The van der Waals surface area contributed by atoms with E-state index in [-0.39, 0.29) is 15.5 Å². The number of amides is 2. The first kappa shape index (κ1) is 22.4. The Labute approximate surface area is 181 Å². The lowest BCUT2D eigenvalue weighted by Gasteiger charge is -2.09. The highest BCUT2D eigenvalue weighted by Gasteiger charge is 2.17. The normalized spacial score (nSPS) is 11.6. The molecule has 0 fully saturated rings. The van der Waals surface area contributed by atoms with Crippen LogP contribution >= 0.6 is 0 Å². The van der Waals surface area contributed by atoms with E-state index < -0.39 is 25.7 Å². The molecule has 31 heavy (non-hydrogen) atoms. The quantitative estimate of drug-likeness (QED) is 0.560. The minimum absolute atomic E-state index is 0.0667. The molecule has 0 saturated carbocycles. The van der Waals surface area contributed by atoms with Gasteiger partial charge in [-0.05, 0) is 53.6 Å². The van der Waals surface area contributed by atoms with Crippen molar-refractivity contribution in [2.24, 2.45) is 0 Å². The molecule has 8 nitrogen and oxygen atoms in total. The summed E-state index contributed by atoms with van der Waals surface area (Å²) < 4.78 is 48.8. The molecular weight excluding hydrogens is 438 g/mol. The third-order valence-electron chi connectivity index (χ3n) is 4.33. The monoisotopic (exact) mass is 459 g/mol. The van der Waals surface area contributed by atoms with E-state index in [1.165, 1.54) is 42.5 Å². The van der Waals surface area contributed by atoms with Crippen molar-refractivity contribution in [1.82, 2.24) is 10.3 Å². The Morgan fingerprint density at radius 1 is 0.903 bits per heavy atom. The first-order valence-corrected chi connectivity index (χ1v) is 12.7. The number of hydrogen-bond donors (Lipinski definition) is 2. The summed E-state index contributed by atoms with van der Waals surface area (Å²) in [5, 5.41) is 5.32. The van der Waals surface area contributed by atoms with Crippen molar-refractivity contribution in [1.29, 1.82) is 0 Å². The van der Waals surface area contributed by atoms with Gasteiger partial charge in [0.2, 0.25) is 0 Å². The molecule has 162 valence electrons. The molecule has 0 unspecified atom stereocenters. The molecular formula is C21H21N3O5S2. The van der Waals surface area contributed by atoms with E-state index in [0.717, 1.165) is 11.8 Å². The Balaban J connectivity index is 1.64. The predicted octanol–water partition coefficient (Wildman–Crippen LogP) is 2.78. The standard InChI is InChI=1S/C21H21N3O5S2/c1-30(26,27)20-6-2-4-16(12-20)15-31(28,29)19-9-7-18(8-10-19)24-21(25)23-14-17-5-3-11-22-13-17/h2-13H,14-15H2,1H3,(H2,23,24,25). The second kappa shape index (κ2) is 9.27. The molecule has 0 aliphatic carbocycles. The molecule has 1 aromatic heterocycles. The van der Waals surface area contributed by atoms with Crippen molar-refractivity contribution < 1.29 is 21.6 Å². The van der Waals surface area contributed by atoms with Gasteiger partial charge in [-0.3, -0.25) is 4.98 Å². The second-order valence-corrected chi connectivity index (χ2v) is 10.9. The summed E-state index contributed by atoms with van der Waals surface area (Å²) in [6.07, 6.45) is 4.35. The van der Waals surface area contributed by atoms with Crippen molar-refractivity contribution in [2.75, 3.05) is 11.6 Å². The van der Waals surface area contributed by atoms with E-state index in [1.807, 2.05) is 6.07 Å². The van der Waals surface area contributed by atoms with Gasteiger partial charge >= 0.3 is 6.03 Å². The predicted molar refractivity (Wildman–Crippen MR) is 117 cm³/mol. The number of benzene rings is 2. The zero-order valence-corrected chi connectivity index (χ0v) is 18.3. The molecule has 2 amide bonds. The maximum absolute atomic E-state index is 12.7. The van der Waals surface area contributed by atoms with E-state index >= 15 is 0 Å². The van der Waals surface area contributed by atoms with Crippen LogP contribution in [0.1, 0.15) is 11.1 Å². The lowest BCUT2D eigenvalue weighted by atomic mass is 10.2. The van der Waals surface area contributed by atoms with Crippen molar-refractivity contribution in [3.8, 4) is 0 Å². The summed E-state index contributed by atoms with van der Waals surface area (Å²) in [7, 11) is -7.13. The molecule has 0 spiro atoms. The lowest BCUT2D eigenvalue weighted by Crippen LogP contribution is -2.28. The largest absolute Gasteiger partial charge is 0.334 e. The van der Waals surface area contributed by atoms with Crippen LogP contribution in [0.15, 0.2) is 82.8 Å². The highest BCUT2D eigenvalue weighted by molar-refractivity contribution is 7.91. The van der Waals surface area contributed by atoms with Gasteiger partial charge in [0.05, 0.1) is 15.5 Å². The summed E-state index contributed by atoms with van der Waals surface area (Å²) in [6, 6.07) is 14.8. The summed E-state index contributed by atoms with van der Waals surface area (Å²) in [4.78, 5) is 16.1. The second-order valence-electron chi connectivity index (χ2n) is 6.87. The van der Waals surface area contributed by atoms with Gasteiger partial charge in [0.25, 0.3) is 0 Å². The minimum atomic E-state index is -3.70. The minimum Gasteiger partial charge on any atom is -0.334 e. The van der Waals surface area contributed by atoms with Crippen LogP contribution in [0, 0.1) is 0 Å². The summed E-state index contributed by atoms with van der Waals surface area (Å²) >= 11 is 0. The van der Waals surface area contributed by atoms with Gasteiger partial charge in [-0.1, -0.05) is 18.2 Å². The molecule has 0 saturated heterocycles. The van der Waals surface area contributed by atoms with Gasteiger partial charge in [-0.25, -0.2) is 21.6 Å². The number of hydrogen-bond acceptors (Lipinski definition) is 6. The lowest BCUT2D eigenvalue weighted by molar-refractivity contribution is 0.251. The number of carbonyl (C=O) groups is 1. The average Bonchev–Trinajstić information content (AvgIpc) is 2.73. The maximum Gasteiger partial charge on any atom is 0.319 e. The summed E-state index contributed by atoms with van der Waals surface area (Å²) in [5.74, 6) is -0.339. The Hall–Kier alpha value is -3.24. The fourth-order valence-electron chi connectivity index (χ4n) is 2.77. The van der Waals surface area contributed by atoms with Gasteiger partial charge in [-0.15, -0.1) is 0 Å². The van der Waals surface area contributed by atoms with Gasteiger partial charge < -0.3 is 10.6 Å². The molecule has 10 heteroatoms. The number of rotatable bonds is 7. The Morgan fingerprint density at radius 3 is 2.26 bits per heavy atom. The molecule has 0 radical (unpaired) electrons. The summed E-state index contributed by atoms with van der Waals surface area (Å²) in [6.45, 7) is 0.304. The van der Waals surface area contributed by atoms with Crippen LogP contribution in [0.4, 0.5) is 10.5 Å². The van der Waals surface area contributed by atoms with Gasteiger partial charge in [0.1, 0.15) is 0 Å². The zero-order chi connectivity index (χ0) is 22.5. The SMILES string of the molecule is CS(=O)(=O)c1cccc(CS(=O)(=O)c2ccc(NC(=O)NCc3cccnc3)cc2)c1. The fraction of sp³-hybridized carbons (Fsp3) is 0.143. The van der Waals surface area contributed by atoms with Crippen molar-refractivity contribution >= 4 is 31.4 Å². The third-order valence-corrected chi connectivity index (χ3v) is 7.14. The van der Waals surface area contributed by atoms with Crippen LogP contribution < -0.4 is 10.6 Å². The smallest absolute Gasteiger partial charge is 0.319 e. The fourth-order valence-corrected chi connectivity index (χ4v) is 4.80. The molecule has 0 bridgehead atoms. The van der Waals surface area contributed by atoms with Crippen LogP contribution in [0.2, 0.25) is 0 Å². The van der Waals surface area contributed by atoms with Crippen LogP contribution in [0.25, 0.3) is 0 Å². The maximum atomic E-state index is 12.7. The molecule has 3 rings (SSSR count). The first-order chi connectivity index (χ1) is 14.6. The number of pyridine rings is 1. The number of carbonyl (C=O) groups excluding carboxylic acids is 1. The average molecular weight is 460 g/mol. The number of sulfone groups is 2. The first-order valence-electron chi connectivity index (χ1n) is 9.19. The Bertz CT molecular complexity index is 1270. The van der Waals surface area contributed by atoms with Gasteiger partial charge in [0.15, 0.2) is 19.7 Å². The number of anilines is 1. The molecule has 2 aromatic carbocycles. The van der Waals surface area contributed by atoms with Gasteiger partial charge in [-0.2, -0.15) is 0 Å². The Morgan fingerprint density at radius 2 is 1.61 bits per heavy atom. The van der Waals surface area contributed by atoms with E-state index in [4.69, 9.17) is 0 Å². The number of aromatic nitrogens is 1. The molecule has 0 aliphatic heterocycles. The highest BCUT2D eigenvalue weighted by Crippen LogP contribution is 2.20. The number of nitrogens with one attached hydrogen (secondary N) is 2. The van der Waals surface area contributed by atoms with E-state index in [9.17, 15) is 21.6 Å². The van der Waals surface area contributed by atoms with Crippen LogP contribution in [0.5, 0.6) is 0 Å². The zero-order valence-electron chi connectivity index (χ0n) is 16.6. The molecule has 1 heterocycles. The van der Waals surface area contributed by atoms with E-state index in [0.29, 0.717) is 17.8 Å². The van der Waals surface area contributed by atoms with Crippen LogP contribution in [-0.2, 0) is 32.0 Å². The van der Waals surface area contributed by atoms with Crippen molar-refractivity contribution in [2.45, 2.75) is 22.1 Å². The van der Waals surface area contributed by atoms with Crippen LogP contribution in [-0.4, -0.2) is 34.1 Å². The van der Waals surface area contributed by atoms with Crippen molar-refractivity contribution in [3.05, 3.63) is 84.2 Å². The van der Waals surface area contributed by atoms with Gasteiger partial charge in [0, 0.05) is 30.9 Å². The number of nitrogens with zero attached hydrogens (tertiary/aromatic N) is 1. The van der Waals surface area contributed by atoms with E-state index in [2.05, 4.69) is 15.6 Å². The molecule has 0 atom stereocenters. The topological polar surface area (TPSA) is 122 Å². The molecule has 0 aliphatic rings. The Kier molecular flexibility index (Phi) is 6.71. The van der Waals surface area contributed by atoms with Crippen molar-refractivity contribution in [3.63, 3.8) is 0 Å². The van der Waals surface area contributed by atoms with Crippen LogP contribution in [0.3, 0.4) is 0 Å².